The molecule has 1 amide bonds. The molecule has 0 radical (unpaired) electrons. The number of rotatable bonds is 4. The second-order valence-corrected chi connectivity index (χ2v) is 4.96. The summed E-state index contributed by atoms with van der Waals surface area (Å²) in [4.78, 5) is 12.1. The van der Waals surface area contributed by atoms with E-state index in [1.165, 1.54) is 18.2 Å². The van der Waals surface area contributed by atoms with E-state index in [1.807, 2.05) is 5.43 Å². The normalized spacial score (nSPS) is 14.6. The van der Waals surface area contributed by atoms with E-state index in [1.54, 1.807) is 0 Å². The highest BCUT2D eigenvalue weighted by Crippen LogP contribution is 2.29. The van der Waals surface area contributed by atoms with Crippen LogP contribution < -0.4 is 5.43 Å². The topological polar surface area (TPSA) is 71.3 Å². The highest BCUT2D eigenvalue weighted by molar-refractivity contribution is 5.99. The molecule has 0 spiro atoms. The first-order valence-electron chi connectivity index (χ1n) is 6.61. The number of nitrogens with one attached hydrogen (secondary N) is 1. The molecule has 1 aliphatic heterocycles. The Hall–Kier alpha value is -2.56. The molecule has 11 heteroatoms. The molecule has 0 unspecified atom stereocenters. The first kappa shape index (κ1) is 16.3. The van der Waals surface area contributed by atoms with Crippen LogP contribution in [0.15, 0.2) is 22.6 Å². The predicted octanol–water partition coefficient (Wildman–Crippen LogP) is 2.70. The Balaban J connectivity index is 1.81. The molecule has 0 fully saturated rings. The average Bonchev–Trinajstić information content (AvgIpc) is 3.10. The van der Waals surface area contributed by atoms with Crippen molar-refractivity contribution in [2.45, 2.75) is 19.1 Å². The molecule has 1 aromatic carbocycles. The molecule has 1 aromatic heterocycles. The standard InChI is InChI=1S/C13H9F5N4O2/c14-9(15)11-21-20-10(24-11)6-1-2-7-4-22(12(23)8(7)3-6)19-5-13(16,17)18/h1-3,9,19H,4-5H2. The summed E-state index contributed by atoms with van der Waals surface area (Å²) >= 11 is 0. The number of hydrogen-bond acceptors (Lipinski definition) is 5. The first-order valence-corrected chi connectivity index (χ1v) is 6.61. The number of alkyl halides is 5. The SMILES string of the molecule is O=C1c2cc(-c3nnc(C(F)F)o3)ccc2CN1NCC(F)(F)F. The number of amides is 1. The molecule has 3 rings (SSSR count). The molecular formula is C13H9F5N4O2. The van der Waals surface area contributed by atoms with Crippen LogP contribution in [0.2, 0.25) is 0 Å². The lowest BCUT2D eigenvalue weighted by Crippen LogP contribution is -2.43. The number of fused-ring (bicyclic) bond motifs is 1. The van der Waals surface area contributed by atoms with Gasteiger partial charge in [-0.15, -0.1) is 10.2 Å². The van der Waals surface area contributed by atoms with Gasteiger partial charge < -0.3 is 4.42 Å². The van der Waals surface area contributed by atoms with Crippen LogP contribution in [-0.4, -0.2) is 33.8 Å². The van der Waals surface area contributed by atoms with E-state index in [4.69, 9.17) is 4.42 Å². The smallest absolute Gasteiger partial charge is 0.402 e. The number of aromatic nitrogens is 2. The van der Waals surface area contributed by atoms with Crippen LogP contribution in [0, 0.1) is 0 Å². The van der Waals surface area contributed by atoms with E-state index >= 15 is 0 Å². The number of carbonyl (C=O) groups is 1. The molecule has 1 aliphatic rings. The van der Waals surface area contributed by atoms with Crippen LogP contribution in [0.3, 0.4) is 0 Å². The first-order chi connectivity index (χ1) is 11.2. The van der Waals surface area contributed by atoms with Crippen LogP contribution >= 0.6 is 0 Å². The van der Waals surface area contributed by atoms with Crippen molar-refractivity contribution in [1.29, 1.82) is 0 Å². The fourth-order valence-corrected chi connectivity index (χ4v) is 2.19. The van der Waals surface area contributed by atoms with Gasteiger partial charge in [0.05, 0.1) is 6.54 Å². The Bertz CT molecular complexity index is 774. The van der Waals surface area contributed by atoms with E-state index in [9.17, 15) is 26.7 Å². The van der Waals surface area contributed by atoms with Gasteiger partial charge in [0, 0.05) is 11.1 Å². The van der Waals surface area contributed by atoms with Gasteiger partial charge in [-0.1, -0.05) is 6.07 Å². The number of hydrazine groups is 1. The molecule has 2 heterocycles. The number of nitrogens with zero attached hydrogens (tertiary/aromatic N) is 3. The summed E-state index contributed by atoms with van der Waals surface area (Å²) in [6.45, 7) is -1.39. The minimum absolute atomic E-state index is 0.0450. The zero-order chi connectivity index (χ0) is 17.5. The van der Waals surface area contributed by atoms with Gasteiger partial charge >= 0.3 is 12.6 Å². The molecule has 0 atom stereocenters. The summed E-state index contributed by atoms with van der Waals surface area (Å²) in [5, 5.41) is 7.47. The Kier molecular flexibility index (Phi) is 3.95. The zero-order valence-corrected chi connectivity index (χ0v) is 11.8. The average molecular weight is 348 g/mol. The summed E-state index contributed by atoms with van der Waals surface area (Å²) < 4.78 is 66.4. The Morgan fingerprint density at radius 3 is 2.67 bits per heavy atom. The molecule has 128 valence electrons. The molecule has 0 saturated carbocycles. The molecule has 0 saturated heterocycles. The largest absolute Gasteiger partial charge is 0.415 e. The number of hydrogen-bond donors (Lipinski definition) is 1. The fraction of sp³-hybridized carbons (Fsp3) is 0.308. The van der Waals surface area contributed by atoms with Crippen molar-refractivity contribution in [2.75, 3.05) is 6.54 Å². The van der Waals surface area contributed by atoms with Crippen LogP contribution in [0.25, 0.3) is 11.5 Å². The number of carbonyl (C=O) groups excluding carboxylic acids is 1. The van der Waals surface area contributed by atoms with Crippen LogP contribution in [-0.2, 0) is 6.54 Å². The third-order valence-corrected chi connectivity index (χ3v) is 3.26. The summed E-state index contributed by atoms with van der Waals surface area (Å²) in [7, 11) is 0. The lowest BCUT2D eigenvalue weighted by Gasteiger charge is -2.18. The van der Waals surface area contributed by atoms with Gasteiger partial charge in [0.15, 0.2) is 0 Å². The Morgan fingerprint density at radius 2 is 2.04 bits per heavy atom. The molecule has 0 aliphatic carbocycles. The third kappa shape index (κ3) is 3.20. The van der Waals surface area contributed by atoms with Gasteiger partial charge in [0.25, 0.3) is 11.8 Å². The second-order valence-electron chi connectivity index (χ2n) is 4.96. The van der Waals surface area contributed by atoms with Crippen molar-refractivity contribution in [1.82, 2.24) is 20.6 Å². The molecular weight excluding hydrogens is 339 g/mol. The molecule has 0 bridgehead atoms. The lowest BCUT2D eigenvalue weighted by atomic mass is 10.1. The van der Waals surface area contributed by atoms with Gasteiger partial charge in [0.2, 0.25) is 5.89 Å². The third-order valence-electron chi connectivity index (χ3n) is 3.26. The Morgan fingerprint density at radius 1 is 1.29 bits per heavy atom. The molecule has 2 aromatic rings. The molecule has 6 nitrogen and oxygen atoms in total. The maximum absolute atomic E-state index is 12.5. The second kappa shape index (κ2) is 5.82. The van der Waals surface area contributed by atoms with Crippen molar-refractivity contribution in [3.05, 3.63) is 35.2 Å². The van der Waals surface area contributed by atoms with E-state index in [2.05, 4.69) is 10.2 Å². The molecule has 1 N–H and O–H groups in total. The van der Waals surface area contributed by atoms with Crippen molar-refractivity contribution in [2.24, 2.45) is 0 Å². The summed E-state index contributed by atoms with van der Waals surface area (Å²) in [5.41, 5.74) is 2.86. The molecule has 24 heavy (non-hydrogen) atoms. The summed E-state index contributed by atoms with van der Waals surface area (Å²) in [6.07, 6.45) is -7.39. The van der Waals surface area contributed by atoms with Crippen LogP contribution in [0.5, 0.6) is 0 Å². The monoisotopic (exact) mass is 348 g/mol. The number of benzene rings is 1. The number of halogens is 5. The minimum atomic E-state index is -4.46. The maximum atomic E-state index is 12.5. The van der Waals surface area contributed by atoms with E-state index < -0.39 is 30.9 Å². The quantitative estimate of drug-likeness (QED) is 0.861. The van der Waals surface area contributed by atoms with Gasteiger partial charge in [-0.05, 0) is 17.7 Å². The van der Waals surface area contributed by atoms with Gasteiger partial charge in [-0.3, -0.25) is 9.80 Å². The van der Waals surface area contributed by atoms with Gasteiger partial charge in [-0.2, -0.15) is 22.0 Å². The van der Waals surface area contributed by atoms with E-state index in [-0.39, 0.29) is 23.6 Å². The van der Waals surface area contributed by atoms with E-state index in [0.29, 0.717) is 5.56 Å². The predicted molar refractivity (Wildman–Crippen MR) is 68.6 cm³/mol. The van der Waals surface area contributed by atoms with Gasteiger partial charge in [-0.25, -0.2) is 5.43 Å². The van der Waals surface area contributed by atoms with Crippen LogP contribution in [0.1, 0.15) is 28.2 Å². The van der Waals surface area contributed by atoms with E-state index in [0.717, 1.165) is 5.01 Å². The van der Waals surface area contributed by atoms with Crippen molar-refractivity contribution in [3.8, 4) is 11.5 Å². The minimum Gasteiger partial charge on any atom is -0.415 e. The lowest BCUT2D eigenvalue weighted by molar-refractivity contribution is -0.132. The van der Waals surface area contributed by atoms with Gasteiger partial charge in [0.1, 0.15) is 6.54 Å². The summed E-state index contributed by atoms with van der Waals surface area (Å²) in [5.74, 6) is -1.72. The maximum Gasteiger partial charge on any atom is 0.402 e. The highest BCUT2D eigenvalue weighted by atomic mass is 19.4. The van der Waals surface area contributed by atoms with Crippen molar-refractivity contribution >= 4 is 5.91 Å². The summed E-state index contributed by atoms with van der Waals surface area (Å²) in [6, 6.07) is 4.27. The van der Waals surface area contributed by atoms with Crippen LogP contribution in [0.4, 0.5) is 22.0 Å². The fourth-order valence-electron chi connectivity index (χ4n) is 2.19. The van der Waals surface area contributed by atoms with Crippen molar-refractivity contribution in [3.63, 3.8) is 0 Å². The Labute approximate surface area is 131 Å². The highest BCUT2D eigenvalue weighted by Gasteiger charge is 2.33. The zero-order valence-electron chi connectivity index (χ0n) is 11.8. The van der Waals surface area contributed by atoms with Crippen molar-refractivity contribution < 1.29 is 31.2 Å².